The van der Waals surface area contributed by atoms with E-state index in [0.29, 0.717) is 22.1 Å². The van der Waals surface area contributed by atoms with Crippen molar-refractivity contribution in [1.82, 2.24) is 9.78 Å². The third-order valence-electron chi connectivity index (χ3n) is 2.84. The van der Waals surface area contributed by atoms with E-state index in [-0.39, 0.29) is 19.0 Å². The van der Waals surface area contributed by atoms with E-state index < -0.39 is 5.97 Å². The Labute approximate surface area is 131 Å². The Kier molecular flexibility index (Phi) is 5.30. The Morgan fingerprint density at radius 2 is 2.14 bits per heavy atom. The van der Waals surface area contributed by atoms with Gasteiger partial charge in [0.15, 0.2) is 0 Å². The van der Waals surface area contributed by atoms with Crippen molar-refractivity contribution in [3.8, 4) is 5.69 Å². The average Bonchev–Trinajstić information content (AvgIpc) is 2.78. The summed E-state index contributed by atoms with van der Waals surface area (Å²) in [6.07, 6.45) is 2.70. The second-order valence-electron chi connectivity index (χ2n) is 4.40. The molecule has 0 aliphatic heterocycles. The predicted octanol–water partition coefficient (Wildman–Crippen LogP) is 2.52. The maximum absolute atomic E-state index is 13.0. The van der Waals surface area contributed by atoms with Crippen LogP contribution in [0.3, 0.4) is 0 Å². The minimum atomic E-state index is -0.584. The minimum absolute atomic E-state index is 0.0648. The fourth-order valence-electron chi connectivity index (χ4n) is 1.80. The third-order valence-corrected chi connectivity index (χ3v) is 3.20. The van der Waals surface area contributed by atoms with Crippen molar-refractivity contribution in [1.29, 1.82) is 0 Å². The van der Waals surface area contributed by atoms with Crippen molar-refractivity contribution in [3.05, 3.63) is 52.6 Å². The summed E-state index contributed by atoms with van der Waals surface area (Å²) in [7, 11) is 0. The molecule has 0 fully saturated rings. The van der Waals surface area contributed by atoms with E-state index in [1.165, 1.54) is 29.0 Å². The highest BCUT2D eigenvalue weighted by atomic mass is 35.5. The third kappa shape index (κ3) is 3.72. The van der Waals surface area contributed by atoms with E-state index in [4.69, 9.17) is 21.4 Å². The van der Waals surface area contributed by atoms with Crippen LogP contribution in [0.4, 0.5) is 4.39 Å². The topological polar surface area (TPSA) is 64.4 Å². The molecule has 5 nitrogen and oxygen atoms in total. The molecule has 2 rings (SSSR count). The number of aromatic nitrogens is 2. The smallest absolute Gasteiger partial charge is 0.330 e. The van der Waals surface area contributed by atoms with Gasteiger partial charge in [-0.15, -0.1) is 0 Å². The summed E-state index contributed by atoms with van der Waals surface area (Å²) in [4.78, 5) is 11.4. The number of rotatable bonds is 5. The van der Waals surface area contributed by atoms with Gasteiger partial charge in [-0.3, -0.25) is 0 Å². The van der Waals surface area contributed by atoms with Gasteiger partial charge in [0.05, 0.1) is 18.0 Å². The van der Waals surface area contributed by atoms with E-state index in [1.54, 1.807) is 19.1 Å². The first-order chi connectivity index (χ1) is 10.5. The summed E-state index contributed by atoms with van der Waals surface area (Å²) >= 11 is 6.26. The van der Waals surface area contributed by atoms with E-state index in [0.717, 1.165) is 0 Å². The highest BCUT2D eigenvalue weighted by Gasteiger charge is 2.13. The van der Waals surface area contributed by atoms with Gasteiger partial charge in [-0.25, -0.2) is 13.9 Å². The van der Waals surface area contributed by atoms with Gasteiger partial charge in [-0.2, -0.15) is 5.10 Å². The number of ether oxygens (including phenoxy) is 1. The fraction of sp³-hybridized carbons (Fsp3) is 0.200. The van der Waals surface area contributed by atoms with Crippen LogP contribution in [0.2, 0.25) is 5.15 Å². The normalized spacial score (nSPS) is 11.1. The highest BCUT2D eigenvalue weighted by Crippen LogP contribution is 2.24. The average molecular weight is 325 g/mol. The summed E-state index contributed by atoms with van der Waals surface area (Å²) < 4.78 is 19.1. The van der Waals surface area contributed by atoms with Crippen LogP contribution in [0.15, 0.2) is 30.3 Å². The number of nitrogens with zero attached hydrogens (tertiary/aromatic N) is 2. The zero-order valence-electron chi connectivity index (χ0n) is 11.8. The van der Waals surface area contributed by atoms with Crippen molar-refractivity contribution in [2.45, 2.75) is 6.92 Å². The second kappa shape index (κ2) is 7.20. The van der Waals surface area contributed by atoms with Crippen LogP contribution in [0, 0.1) is 12.7 Å². The van der Waals surface area contributed by atoms with Gasteiger partial charge in [0.1, 0.15) is 17.6 Å². The molecule has 1 aromatic carbocycles. The SMILES string of the molecule is Cc1nn(-c2ccc(F)cc2)c(Cl)c1/C=C/C(=O)OCCO. The summed E-state index contributed by atoms with van der Waals surface area (Å²) in [5.74, 6) is -0.936. The Morgan fingerprint density at radius 3 is 2.77 bits per heavy atom. The Hall–Kier alpha value is -2.18. The second-order valence-corrected chi connectivity index (χ2v) is 4.76. The predicted molar refractivity (Wildman–Crippen MR) is 80.3 cm³/mol. The molecule has 0 spiro atoms. The van der Waals surface area contributed by atoms with Crippen molar-refractivity contribution in [2.24, 2.45) is 0 Å². The molecule has 0 amide bonds. The molecule has 22 heavy (non-hydrogen) atoms. The number of aliphatic hydroxyl groups is 1. The molecule has 1 aromatic heterocycles. The van der Waals surface area contributed by atoms with Crippen LogP contribution in [0.25, 0.3) is 11.8 Å². The zero-order chi connectivity index (χ0) is 16.1. The molecule has 0 aliphatic rings. The summed E-state index contributed by atoms with van der Waals surface area (Å²) in [5, 5.41) is 13.1. The maximum Gasteiger partial charge on any atom is 0.330 e. The van der Waals surface area contributed by atoms with E-state index in [9.17, 15) is 9.18 Å². The van der Waals surface area contributed by atoms with Gasteiger partial charge in [0.25, 0.3) is 0 Å². The first-order valence-electron chi connectivity index (χ1n) is 6.49. The van der Waals surface area contributed by atoms with E-state index in [1.807, 2.05) is 0 Å². The van der Waals surface area contributed by atoms with Crippen LogP contribution in [-0.4, -0.2) is 34.1 Å². The van der Waals surface area contributed by atoms with Crippen molar-refractivity contribution in [2.75, 3.05) is 13.2 Å². The lowest BCUT2D eigenvalue weighted by atomic mass is 10.2. The fourth-order valence-corrected chi connectivity index (χ4v) is 2.13. The van der Waals surface area contributed by atoms with Crippen LogP contribution in [0.1, 0.15) is 11.3 Å². The zero-order valence-corrected chi connectivity index (χ0v) is 12.5. The van der Waals surface area contributed by atoms with Gasteiger partial charge in [0.2, 0.25) is 0 Å². The number of hydrogen-bond acceptors (Lipinski definition) is 4. The quantitative estimate of drug-likeness (QED) is 0.678. The van der Waals surface area contributed by atoms with Gasteiger partial charge < -0.3 is 9.84 Å². The molecule has 0 saturated carbocycles. The Morgan fingerprint density at radius 1 is 1.45 bits per heavy atom. The number of halogens is 2. The number of carbonyl (C=O) groups is 1. The van der Waals surface area contributed by atoms with Gasteiger partial charge in [0, 0.05) is 11.6 Å². The number of carbonyl (C=O) groups excluding carboxylic acids is 1. The summed E-state index contributed by atoms with van der Waals surface area (Å²) in [6.45, 7) is 1.44. The first kappa shape index (κ1) is 16.2. The number of esters is 1. The molecule has 116 valence electrons. The largest absolute Gasteiger partial charge is 0.460 e. The molecule has 0 radical (unpaired) electrons. The number of benzene rings is 1. The Bertz CT molecular complexity index is 696. The molecule has 2 aromatic rings. The van der Waals surface area contributed by atoms with Crippen molar-refractivity contribution >= 4 is 23.6 Å². The van der Waals surface area contributed by atoms with E-state index in [2.05, 4.69) is 5.10 Å². The van der Waals surface area contributed by atoms with Crippen LogP contribution >= 0.6 is 11.6 Å². The van der Waals surface area contributed by atoms with Crippen molar-refractivity contribution in [3.63, 3.8) is 0 Å². The molecule has 0 atom stereocenters. The lowest BCUT2D eigenvalue weighted by Gasteiger charge is -2.02. The van der Waals surface area contributed by atoms with Crippen LogP contribution in [0.5, 0.6) is 0 Å². The molecule has 0 bridgehead atoms. The maximum atomic E-state index is 13.0. The summed E-state index contributed by atoms with van der Waals surface area (Å²) in [6, 6.07) is 5.72. The van der Waals surface area contributed by atoms with Crippen LogP contribution < -0.4 is 0 Å². The van der Waals surface area contributed by atoms with Gasteiger partial charge >= 0.3 is 5.97 Å². The molecule has 0 saturated heterocycles. The molecule has 0 aliphatic carbocycles. The van der Waals surface area contributed by atoms with Crippen molar-refractivity contribution < 1.29 is 19.0 Å². The molecular weight excluding hydrogens is 311 g/mol. The standard InChI is InChI=1S/C15H14ClFN2O3/c1-10-13(6-7-14(21)22-9-8-20)15(16)19(18-10)12-4-2-11(17)3-5-12/h2-7,20H,8-9H2,1H3/b7-6+. The Balaban J connectivity index is 2.25. The van der Waals surface area contributed by atoms with E-state index >= 15 is 0 Å². The first-order valence-corrected chi connectivity index (χ1v) is 6.87. The number of hydrogen-bond donors (Lipinski definition) is 1. The molecular formula is C15H14ClFN2O3. The van der Waals surface area contributed by atoms with Crippen LogP contribution in [-0.2, 0) is 9.53 Å². The van der Waals surface area contributed by atoms with Gasteiger partial charge in [-0.1, -0.05) is 11.6 Å². The molecule has 7 heteroatoms. The van der Waals surface area contributed by atoms with Gasteiger partial charge in [-0.05, 0) is 37.3 Å². The number of aryl methyl sites for hydroxylation is 1. The highest BCUT2D eigenvalue weighted by molar-refractivity contribution is 6.31. The lowest BCUT2D eigenvalue weighted by molar-refractivity contribution is -0.138. The summed E-state index contributed by atoms with van der Waals surface area (Å²) in [5.41, 5.74) is 1.78. The molecule has 1 N–H and O–H groups in total. The lowest BCUT2D eigenvalue weighted by Crippen LogP contribution is -2.04. The number of aliphatic hydroxyl groups excluding tert-OH is 1. The molecule has 0 unspecified atom stereocenters. The molecule has 1 heterocycles. The minimum Gasteiger partial charge on any atom is -0.460 e. The monoisotopic (exact) mass is 324 g/mol.